The van der Waals surface area contributed by atoms with Gasteiger partial charge in [-0.05, 0) is 5.16 Å². The molecule has 0 bridgehead atoms. The Bertz CT molecular complexity index is 339. The van der Waals surface area contributed by atoms with E-state index in [-0.39, 0.29) is 11.8 Å². The highest BCUT2D eigenvalue weighted by atomic mass is 16.5. The minimum absolute atomic E-state index is 0.0800. The molecule has 2 rings (SSSR count). The van der Waals surface area contributed by atoms with Crippen molar-refractivity contribution in [3.63, 3.8) is 0 Å². The summed E-state index contributed by atoms with van der Waals surface area (Å²) in [6.07, 6.45) is 2.74. The van der Waals surface area contributed by atoms with Gasteiger partial charge in [-0.15, -0.1) is 0 Å². The van der Waals surface area contributed by atoms with Crippen molar-refractivity contribution in [3.8, 4) is 11.7 Å². The predicted octanol–water partition coefficient (Wildman–Crippen LogP) is 0.307. The first-order valence-corrected chi connectivity index (χ1v) is 2.84. The summed E-state index contributed by atoms with van der Waals surface area (Å²) in [5, 5.41) is 3.38. The van der Waals surface area contributed by atoms with Crippen LogP contribution in [0.1, 0.15) is 0 Å². The van der Waals surface area contributed by atoms with Gasteiger partial charge in [0.2, 0.25) is 5.76 Å². The van der Waals surface area contributed by atoms with Crippen LogP contribution >= 0.6 is 0 Å². The van der Waals surface area contributed by atoms with E-state index in [1.54, 1.807) is 0 Å². The Hall–Kier alpha value is -1.85. The van der Waals surface area contributed by atoms with Crippen LogP contribution < -0.4 is 5.73 Å². The van der Waals surface area contributed by atoms with Crippen molar-refractivity contribution in [3.05, 3.63) is 12.6 Å². The molecule has 0 aliphatic carbocycles. The Morgan fingerprint density at radius 1 is 1.45 bits per heavy atom. The number of aromatic nitrogens is 3. The molecular formula is C5H4N4O2. The van der Waals surface area contributed by atoms with Gasteiger partial charge in [0.25, 0.3) is 11.8 Å². The van der Waals surface area contributed by atoms with Crippen molar-refractivity contribution >= 4 is 5.95 Å². The summed E-state index contributed by atoms with van der Waals surface area (Å²) < 4.78 is 9.56. The first kappa shape index (κ1) is 5.90. The van der Waals surface area contributed by atoms with E-state index in [9.17, 15) is 0 Å². The van der Waals surface area contributed by atoms with Gasteiger partial charge in [0.15, 0.2) is 6.39 Å². The highest BCUT2D eigenvalue weighted by molar-refractivity contribution is 5.42. The molecule has 11 heavy (non-hydrogen) atoms. The number of hydrogen-bond acceptors (Lipinski definition) is 6. The lowest BCUT2D eigenvalue weighted by Crippen LogP contribution is -1.84. The normalized spacial score (nSPS) is 10.2. The second-order valence-corrected chi connectivity index (χ2v) is 1.82. The van der Waals surface area contributed by atoms with Gasteiger partial charge >= 0.3 is 0 Å². The molecule has 0 radical (unpaired) electrons. The van der Waals surface area contributed by atoms with Crippen LogP contribution in [-0.2, 0) is 0 Å². The Morgan fingerprint density at radius 3 is 2.91 bits per heavy atom. The van der Waals surface area contributed by atoms with Crippen molar-refractivity contribution in [1.82, 2.24) is 15.1 Å². The quantitative estimate of drug-likeness (QED) is 0.632. The van der Waals surface area contributed by atoms with Gasteiger partial charge < -0.3 is 14.7 Å². The molecule has 2 aromatic rings. The lowest BCUT2D eigenvalue weighted by Gasteiger charge is -1.79. The van der Waals surface area contributed by atoms with Gasteiger partial charge in [0.1, 0.15) is 0 Å². The molecule has 56 valence electrons. The molecular weight excluding hydrogens is 148 g/mol. The van der Waals surface area contributed by atoms with Crippen LogP contribution in [0.5, 0.6) is 0 Å². The molecule has 0 amide bonds. The van der Waals surface area contributed by atoms with E-state index in [4.69, 9.17) is 10.2 Å². The topological polar surface area (TPSA) is 91.0 Å². The van der Waals surface area contributed by atoms with E-state index in [0.29, 0.717) is 5.76 Å². The number of nitrogen functional groups attached to an aromatic ring is 1. The fourth-order valence-corrected chi connectivity index (χ4v) is 0.656. The predicted molar refractivity (Wildman–Crippen MR) is 34.2 cm³/mol. The molecule has 6 nitrogen and oxygen atoms in total. The van der Waals surface area contributed by atoms with Gasteiger partial charge in [-0.1, -0.05) is 0 Å². The first-order chi connectivity index (χ1) is 5.36. The summed E-state index contributed by atoms with van der Waals surface area (Å²) in [6, 6.07) is 0. The monoisotopic (exact) mass is 152 g/mol. The zero-order valence-corrected chi connectivity index (χ0v) is 5.39. The third-order valence-corrected chi connectivity index (χ3v) is 1.08. The van der Waals surface area contributed by atoms with E-state index in [2.05, 4.69) is 19.6 Å². The lowest BCUT2D eigenvalue weighted by molar-refractivity contribution is 0.417. The zero-order chi connectivity index (χ0) is 7.68. The largest absolute Gasteiger partial charge is 0.438 e. The maximum Gasteiger partial charge on any atom is 0.296 e. The van der Waals surface area contributed by atoms with Crippen molar-refractivity contribution in [2.75, 3.05) is 5.73 Å². The summed E-state index contributed by atoms with van der Waals surface area (Å²) >= 11 is 0. The fraction of sp³-hybridized carbons (Fsp3) is 0. The van der Waals surface area contributed by atoms with Gasteiger partial charge in [0.05, 0.1) is 6.20 Å². The van der Waals surface area contributed by atoms with Crippen LogP contribution in [0.4, 0.5) is 5.95 Å². The number of nitrogens with two attached hydrogens (primary N) is 1. The average Bonchev–Trinajstić information content (AvgIpc) is 2.55. The van der Waals surface area contributed by atoms with Crippen LogP contribution in [0.15, 0.2) is 21.5 Å². The van der Waals surface area contributed by atoms with E-state index in [1.165, 1.54) is 12.6 Å². The summed E-state index contributed by atoms with van der Waals surface area (Å²) in [4.78, 5) is 7.39. The summed E-state index contributed by atoms with van der Waals surface area (Å²) in [6.45, 7) is 0. The summed E-state index contributed by atoms with van der Waals surface area (Å²) in [7, 11) is 0. The van der Waals surface area contributed by atoms with E-state index >= 15 is 0 Å². The Kier molecular flexibility index (Phi) is 1.12. The average molecular weight is 152 g/mol. The molecule has 0 aliphatic heterocycles. The van der Waals surface area contributed by atoms with Crippen molar-refractivity contribution in [2.45, 2.75) is 0 Å². The smallest absolute Gasteiger partial charge is 0.296 e. The lowest BCUT2D eigenvalue weighted by atomic mass is 10.5. The zero-order valence-electron chi connectivity index (χ0n) is 5.39. The minimum atomic E-state index is 0.0800. The highest BCUT2D eigenvalue weighted by Crippen LogP contribution is 2.15. The molecule has 2 heterocycles. The first-order valence-electron chi connectivity index (χ1n) is 2.84. The third kappa shape index (κ3) is 0.936. The Balaban J connectivity index is 2.45. The Morgan fingerprint density at radius 2 is 2.36 bits per heavy atom. The van der Waals surface area contributed by atoms with Crippen LogP contribution in [0.25, 0.3) is 11.7 Å². The molecule has 0 saturated heterocycles. The number of rotatable bonds is 1. The molecule has 2 aromatic heterocycles. The molecule has 0 spiro atoms. The SMILES string of the molecule is Nc1noc(-c2cnco2)n1. The molecule has 0 aliphatic rings. The van der Waals surface area contributed by atoms with Crippen molar-refractivity contribution in [1.29, 1.82) is 0 Å². The number of hydrogen-bond donors (Lipinski definition) is 1. The van der Waals surface area contributed by atoms with E-state index in [0.717, 1.165) is 0 Å². The van der Waals surface area contributed by atoms with Gasteiger partial charge in [-0.3, -0.25) is 0 Å². The van der Waals surface area contributed by atoms with E-state index in [1.807, 2.05) is 0 Å². The van der Waals surface area contributed by atoms with Gasteiger partial charge in [0, 0.05) is 0 Å². The second kappa shape index (κ2) is 2.08. The standard InChI is InChI=1S/C5H4N4O2/c6-5-8-4(11-9-5)3-1-7-2-10-3/h1-2H,(H2,6,9). The molecule has 0 aromatic carbocycles. The van der Waals surface area contributed by atoms with E-state index < -0.39 is 0 Å². The summed E-state index contributed by atoms with van der Waals surface area (Å²) in [5.41, 5.74) is 5.21. The van der Waals surface area contributed by atoms with Crippen LogP contribution in [-0.4, -0.2) is 15.1 Å². The second-order valence-electron chi connectivity index (χ2n) is 1.82. The van der Waals surface area contributed by atoms with Crippen molar-refractivity contribution < 1.29 is 8.94 Å². The molecule has 6 heteroatoms. The molecule has 0 atom stereocenters. The maximum atomic E-state index is 5.21. The molecule has 2 N–H and O–H groups in total. The fourth-order valence-electron chi connectivity index (χ4n) is 0.656. The van der Waals surface area contributed by atoms with Crippen molar-refractivity contribution in [2.24, 2.45) is 0 Å². The molecule has 0 fully saturated rings. The third-order valence-electron chi connectivity index (χ3n) is 1.08. The van der Waals surface area contributed by atoms with Crippen LogP contribution in [0.3, 0.4) is 0 Å². The molecule has 0 saturated carbocycles. The number of nitrogens with zero attached hydrogens (tertiary/aromatic N) is 3. The van der Waals surface area contributed by atoms with Crippen LogP contribution in [0, 0.1) is 0 Å². The summed E-state index contributed by atoms with van der Waals surface area (Å²) in [5.74, 6) is 0.727. The maximum absolute atomic E-state index is 5.21. The molecule has 0 unspecified atom stereocenters. The van der Waals surface area contributed by atoms with Gasteiger partial charge in [-0.25, -0.2) is 4.98 Å². The van der Waals surface area contributed by atoms with Crippen LogP contribution in [0.2, 0.25) is 0 Å². The van der Waals surface area contributed by atoms with Gasteiger partial charge in [-0.2, -0.15) is 4.98 Å². The number of oxazole rings is 1. The number of anilines is 1. The Labute approximate surface area is 61.0 Å². The highest BCUT2D eigenvalue weighted by Gasteiger charge is 2.08. The minimum Gasteiger partial charge on any atom is -0.438 e.